The van der Waals surface area contributed by atoms with E-state index in [4.69, 9.17) is 25.9 Å². The lowest BCUT2D eigenvalue weighted by molar-refractivity contribution is -0.123. The summed E-state index contributed by atoms with van der Waals surface area (Å²) in [6, 6.07) is 14.4. The molecular weight excluding hydrogens is 508 g/mol. The van der Waals surface area contributed by atoms with Crippen LogP contribution in [0.3, 0.4) is 0 Å². The van der Waals surface area contributed by atoms with Crippen molar-refractivity contribution in [3.05, 3.63) is 82.2 Å². The number of nitriles is 1. The highest BCUT2D eigenvalue weighted by molar-refractivity contribution is 6.30. The van der Waals surface area contributed by atoms with Gasteiger partial charge >= 0.3 is 6.03 Å². The number of hydrogen-bond donors (Lipinski definition) is 1. The number of aliphatic imine (C=N–C) groups is 1. The molecule has 0 saturated carbocycles. The number of aromatic nitrogens is 1. The van der Waals surface area contributed by atoms with Crippen molar-refractivity contribution in [2.24, 2.45) is 4.99 Å². The molecule has 5 rings (SSSR count). The molecule has 10 nitrogen and oxygen atoms in total. The standard InChI is InChI=1S/C27H25ClN6O4/c1-16(2)38-22-13-17(14-29)3-8-20(22)26-31-24(18-4-6-19(28)7-5-18)25(21-9-12-37-32-21)34(26)27(36)33-11-10-30-23(35)15-33/h3-9,12-13,16,24-25H,10-11,15H2,1-2H3,(H,30,35). The van der Waals surface area contributed by atoms with Crippen LogP contribution in [0.4, 0.5) is 4.79 Å². The van der Waals surface area contributed by atoms with E-state index < -0.39 is 18.1 Å². The lowest BCUT2D eigenvalue weighted by Crippen LogP contribution is -2.55. The van der Waals surface area contributed by atoms with Crippen molar-refractivity contribution < 1.29 is 18.8 Å². The summed E-state index contributed by atoms with van der Waals surface area (Å²) in [6.45, 7) is 4.36. The second kappa shape index (κ2) is 10.6. The van der Waals surface area contributed by atoms with Crippen LogP contribution >= 0.6 is 11.6 Å². The third kappa shape index (κ3) is 4.93. The van der Waals surface area contributed by atoms with E-state index in [1.54, 1.807) is 41.3 Å². The van der Waals surface area contributed by atoms with Crippen LogP contribution in [0.25, 0.3) is 0 Å². The molecule has 1 fully saturated rings. The Kier molecular flexibility index (Phi) is 7.03. The highest BCUT2D eigenvalue weighted by atomic mass is 35.5. The molecule has 2 aromatic carbocycles. The van der Waals surface area contributed by atoms with Crippen LogP contribution in [-0.2, 0) is 4.79 Å². The molecule has 1 aromatic heterocycles. The van der Waals surface area contributed by atoms with Gasteiger partial charge in [0.1, 0.15) is 42.2 Å². The molecule has 3 heterocycles. The molecule has 38 heavy (non-hydrogen) atoms. The van der Waals surface area contributed by atoms with Gasteiger partial charge in [0.2, 0.25) is 5.91 Å². The average molecular weight is 533 g/mol. The van der Waals surface area contributed by atoms with Crippen LogP contribution in [0, 0.1) is 11.3 Å². The Morgan fingerprint density at radius 1 is 1.24 bits per heavy atom. The predicted molar refractivity (Wildman–Crippen MR) is 139 cm³/mol. The molecule has 0 spiro atoms. The molecule has 11 heteroatoms. The fourth-order valence-electron chi connectivity index (χ4n) is 4.61. The van der Waals surface area contributed by atoms with Crippen molar-refractivity contribution in [3.63, 3.8) is 0 Å². The maximum absolute atomic E-state index is 14.1. The molecule has 2 atom stereocenters. The number of halogens is 1. The number of urea groups is 1. The second-order valence-corrected chi connectivity index (χ2v) is 9.67. The Hall–Kier alpha value is -4.36. The van der Waals surface area contributed by atoms with Crippen molar-refractivity contribution in [1.29, 1.82) is 5.26 Å². The van der Waals surface area contributed by atoms with Crippen LogP contribution in [0.1, 0.15) is 48.3 Å². The third-order valence-corrected chi connectivity index (χ3v) is 6.52. The third-order valence-electron chi connectivity index (χ3n) is 6.27. The van der Waals surface area contributed by atoms with Crippen molar-refractivity contribution >= 4 is 29.4 Å². The summed E-state index contributed by atoms with van der Waals surface area (Å²) in [4.78, 5) is 34.4. The zero-order chi connectivity index (χ0) is 26.8. The molecular formula is C27H25ClN6O4. The molecule has 1 N–H and O–H groups in total. The molecule has 2 unspecified atom stereocenters. The van der Waals surface area contributed by atoms with Gasteiger partial charge in [0.05, 0.1) is 23.3 Å². The molecule has 0 aliphatic carbocycles. The van der Waals surface area contributed by atoms with Crippen molar-refractivity contribution in [1.82, 2.24) is 20.3 Å². The Labute approximate surface area is 224 Å². The Bertz CT molecular complexity index is 1410. The maximum Gasteiger partial charge on any atom is 0.326 e. The first-order valence-electron chi connectivity index (χ1n) is 12.1. The first-order chi connectivity index (χ1) is 18.4. The van der Waals surface area contributed by atoms with E-state index in [2.05, 4.69) is 16.5 Å². The lowest BCUT2D eigenvalue weighted by Gasteiger charge is -2.34. The highest BCUT2D eigenvalue weighted by Gasteiger charge is 2.46. The lowest BCUT2D eigenvalue weighted by atomic mass is 9.97. The number of ether oxygens (including phenoxy) is 1. The monoisotopic (exact) mass is 532 g/mol. The number of nitrogens with one attached hydrogen (secondary N) is 1. The Morgan fingerprint density at radius 2 is 2.03 bits per heavy atom. The van der Waals surface area contributed by atoms with E-state index in [1.807, 2.05) is 26.0 Å². The molecule has 2 aliphatic heterocycles. The molecule has 2 aliphatic rings. The highest BCUT2D eigenvalue weighted by Crippen LogP contribution is 2.45. The summed E-state index contributed by atoms with van der Waals surface area (Å²) in [5.41, 5.74) is 2.26. The Balaban J connectivity index is 1.69. The first kappa shape index (κ1) is 25.3. The maximum atomic E-state index is 14.1. The van der Waals surface area contributed by atoms with Gasteiger partial charge < -0.3 is 19.5 Å². The van der Waals surface area contributed by atoms with Gasteiger partial charge in [0.25, 0.3) is 0 Å². The van der Waals surface area contributed by atoms with Gasteiger partial charge in [-0.25, -0.2) is 4.79 Å². The summed E-state index contributed by atoms with van der Waals surface area (Å²) in [5.74, 6) is 0.522. The van der Waals surface area contributed by atoms with Crippen molar-refractivity contribution in [3.8, 4) is 11.8 Å². The number of carbonyl (C=O) groups is 2. The molecule has 0 radical (unpaired) electrons. The largest absolute Gasteiger partial charge is 0.490 e. The fourth-order valence-corrected chi connectivity index (χ4v) is 4.74. The second-order valence-electron chi connectivity index (χ2n) is 9.23. The summed E-state index contributed by atoms with van der Waals surface area (Å²) < 4.78 is 11.2. The van der Waals surface area contributed by atoms with Crippen LogP contribution in [0.15, 0.2) is 64.3 Å². The van der Waals surface area contributed by atoms with Gasteiger partial charge in [-0.05, 0) is 49.7 Å². The number of amidine groups is 1. The first-order valence-corrected chi connectivity index (χ1v) is 12.5. The minimum Gasteiger partial charge on any atom is -0.490 e. The minimum atomic E-state index is -0.676. The van der Waals surface area contributed by atoms with E-state index >= 15 is 0 Å². The van der Waals surface area contributed by atoms with E-state index in [9.17, 15) is 14.9 Å². The van der Waals surface area contributed by atoms with E-state index in [1.165, 1.54) is 11.2 Å². The average Bonchev–Trinajstić information content (AvgIpc) is 3.56. The van der Waals surface area contributed by atoms with Crippen molar-refractivity contribution in [2.75, 3.05) is 19.6 Å². The predicted octanol–water partition coefficient (Wildman–Crippen LogP) is 4.08. The number of carbonyl (C=O) groups excluding carboxylic acids is 2. The van der Waals surface area contributed by atoms with E-state index in [-0.39, 0.29) is 18.6 Å². The van der Waals surface area contributed by atoms with Gasteiger partial charge in [-0.1, -0.05) is 28.9 Å². The summed E-state index contributed by atoms with van der Waals surface area (Å²) in [7, 11) is 0. The van der Waals surface area contributed by atoms with Crippen molar-refractivity contribution in [2.45, 2.75) is 32.0 Å². The zero-order valence-electron chi connectivity index (χ0n) is 20.8. The number of rotatable bonds is 5. The summed E-state index contributed by atoms with van der Waals surface area (Å²) in [5, 5.41) is 17.0. The molecule has 3 aromatic rings. The van der Waals surface area contributed by atoms with Gasteiger partial charge in [-0.15, -0.1) is 0 Å². The normalized spacial score (nSPS) is 19.2. The number of benzene rings is 2. The summed E-state index contributed by atoms with van der Waals surface area (Å²) in [6.07, 6.45) is 1.25. The zero-order valence-corrected chi connectivity index (χ0v) is 21.6. The summed E-state index contributed by atoms with van der Waals surface area (Å²) >= 11 is 6.16. The van der Waals surface area contributed by atoms with Crippen LogP contribution in [0.5, 0.6) is 5.75 Å². The number of amides is 3. The Morgan fingerprint density at radius 3 is 2.68 bits per heavy atom. The van der Waals surface area contributed by atoms with Crippen LogP contribution in [0.2, 0.25) is 5.02 Å². The molecule has 1 saturated heterocycles. The van der Waals surface area contributed by atoms with Gasteiger partial charge in [0.15, 0.2) is 0 Å². The SMILES string of the molecule is CC(C)Oc1cc(C#N)ccc1C1=NC(c2ccc(Cl)cc2)C(c2ccon2)N1C(=O)N1CCNC(=O)C1. The molecule has 0 bridgehead atoms. The van der Waals surface area contributed by atoms with Crippen LogP contribution < -0.4 is 10.1 Å². The minimum absolute atomic E-state index is 0.0809. The van der Waals surface area contributed by atoms with E-state index in [0.29, 0.717) is 46.5 Å². The topological polar surface area (TPSA) is 124 Å². The number of piperazine rings is 1. The van der Waals surface area contributed by atoms with Gasteiger partial charge in [-0.3, -0.25) is 14.7 Å². The number of hydrogen-bond acceptors (Lipinski definition) is 7. The van der Waals surface area contributed by atoms with Gasteiger partial charge in [0, 0.05) is 24.2 Å². The van der Waals surface area contributed by atoms with Crippen LogP contribution in [-0.4, -0.2) is 58.5 Å². The van der Waals surface area contributed by atoms with Gasteiger partial charge in [-0.2, -0.15) is 5.26 Å². The smallest absolute Gasteiger partial charge is 0.326 e. The molecule has 194 valence electrons. The van der Waals surface area contributed by atoms with E-state index in [0.717, 1.165) is 5.56 Å². The fraction of sp³-hybridized carbons (Fsp3) is 0.296. The molecule has 3 amide bonds. The number of nitrogens with zero attached hydrogens (tertiary/aromatic N) is 5. The quantitative estimate of drug-likeness (QED) is 0.528.